The minimum absolute atomic E-state index is 0.00920. The Morgan fingerprint density at radius 3 is 2.50 bits per heavy atom. The van der Waals surface area contributed by atoms with E-state index >= 15 is 0 Å². The van der Waals surface area contributed by atoms with Crippen molar-refractivity contribution in [1.29, 1.82) is 0 Å². The van der Waals surface area contributed by atoms with Gasteiger partial charge in [-0.15, -0.1) is 0 Å². The van der Waals surface area contributed by atoms with Crippen molar-refractivity contribution in [2.45, 2.75) is 44.6 Å². The van der Waals surface area contributed by atoms with Gasteiger partial charge in [-0.1, -0.05) is 12.1 Å². The third-order valence-corrected chi connectivity index (χ3v) is 5.39. The molecule has 2 aliphatic heterocycles. The Morgan fingerprint density at radius 2 is 1.88 bits per heavy atom. The number of rotatable bonds is 4. The molecule has 3 rings (SSSR count). The number of amides is 3. The lowest BCUT2D eigenvalue weighted by atomic mass is 9.91. The third-order valence-electron chi connectivity index (χ3n) is 5.39. The molecule has 0 saturated carbocycles. The van der Waals surface area contributed by atoms with Gasteiger partial charge in [0.25, 0.3) is 5.91 Å². The Kier molecular flexibility index (Phi) is 6.50. The van der Waals surface area contributed by atoms with Gasteiger partial charge in [-0.25, -0.2) is 4.79 Å². The monoisotopic (exact) mass is 358 g/mol. The molecule has 1 aromatic rings. The first-order chi connectivity index (χ1) is 12.7. The van der Waals surface area contributed by atoms with Gasteiger partial charge in [0.2, 0.25) is 0 Å². The lowest BCUT2D eigenvalue weighted by Crippen LogP contribution is -2.49. The number of nitrogens with one attached hydrogen (secondary N) is 3. The molecule has 3 N–H and O–H groups in total. The zero-order valence-corrected chi connectivity index (χ0v) is 15.6. The summed E-state index contributed by atoms with van der Waals surface area (Å²) in [5.41, 5.74) is 2.02. The van der Waals surface area contributed by atoms with Gasteiger partial charge in [0.1, 0.15) is 0 Å². The van der Waals surface area contributed by atoms with Crippen LogP contribution in [0.25, 0.3) is 0 Å². The molecular weight excluding hydrogens is 328 g/mol. The minimum atomic E-state index is -0.0187. The molecule has 6 nitrogen and oxygen atoms in total. The van der Waals surface area contributed by atoms with Gasteiger partial charge in [-0.2, -0.15) is 0 Å². The molecule has 142 valence electrons. The summed E-state index contributed by atoms with van der Waals surface area (Å²) >= 11 is 0. The van der Waals surface area contributed by atoms with Gasteiger partial charge in [0.15, 0.2) is 0 Å². The van der Waals surface area contributed by atoms with E-state index in [4.69, 9.17) is 0 Å². The van der Waals surface area contributed by atoms with Crippen molar-refractivity contribution >= 4 is 11.9 Å². The summed E-state index contributed by atoms with van der Waals surface area (Å²) < 4.78 is 0. The number of benzene rings is 1. The van der Waals surface area contributed by atoms with Crippen LogP contribution in [-0.2, 0) is 0 Å². The largest absolute Gasteiger partial charge is 0.349 e. The van der Waals surface area contributed by atoms with E-state index in [1.54, 1.807) is 0 Å². The molecule has 2 heterocycles. The van der Waals surface area contributed by atoms with E-state index in [0.29, 0.717) is 31.1 Å². The fraction of sp³-hybridized carbons (Fsp3) is 0.600. The summed E-state index contributed by atoms with van der Waals surface area (Å²) in [4.78, 5) is 26.2. The summed E-state index contributed by atoms with van der Waals surface area (Å²) in [6.07, 6.45) is 4.02. The molecule has 0 radical (unpaired) electrons. The van der Waals surface area contributed by atoms with Crippen molar-refractivity contribution in [1.82, 2.24) is 20.9 Å². The van der Waals surface area contributed by atoms with Crippen molar-refractivity contribution < 1.29 is 9.59 Å². The first-order valence-electron chi connectivity index (χ1n) is 9.81. The zero-order chi connectivity index (χ0) is 18.4. The van der Waals surface area contributed by atoms with Crippen molar-refractivity contribution in [2.24, 2.45) is 0 Å². The van der Waals surface area contributed by atoms with Crippen LogP contribution >= 0.6 is 0 Å². The average molecular weight is 358 g/mol. The highest BCUT2D eigenvalue weighted by atomic mass is 16.2. The second-order valence-corrected chi connectivity index (χ2v) is 7.24. The number of likely N-dealkylation sites (tertiary alicyclic amines) is 1. The van der Waals surface area contributed by atoms with Gasteiger partial charge in [0.05, 0.1) is 0 Å². The highest BCUT2D eigenvalue weighted by Gasteiger charge is 2.24. The van der Waals surface area contributed by atoms with Crippen molar-refractivity contribution in [3.05, 3.63) is 35.4 Å². The molecule has 3 amide bonds. The Hall–Kier alpha value is -2.08. The van der Waals surface area contributed by atoms with Gasteiger partial charge in [-0.05, 0) is 62.8 Å². The van der Waals surface area contributed by atoms with Crippen molar-refractivity contribution in [2.75, 3.05) is 32.7 Å². The third kappa shape index (κ3) is 4.75. The normalized spacial score (nSPS) is 21.3. The van der Waals surface area contributed by atoms with Gasteiger partial charge in [-0.3, -0.25) is 4.79 Å². The molecule has 2 saturated heterocycles. The Labute approximate surface area is 155 Å². The molecule has 0 spiro atoms. The molecule has 0 aliphatic carbocycles. The van der Waals surface area contributed by atoms with Crippen LogP contribution in [0.15, 0.2) is 24.3 Å². The predicted octanol–water partition coefficient (Wildman–Crippen LogP) is 2.08. The van der Waals surface area contributed by atoms with Crippen LogP contribution in [0.2, 0.25) is 0 Å². The van der Waals surface area contributed by atoms with Crippen LogP contribution in [-0.4, -0.2) is 55.6 Å². The number of piperidine rings is 2. The van der Waals surface area contributed by atoms with E-state index in [2.05, 4.69) is 28.1 Å². The maximum Gasteiger partial charge on any atom is 0.317 e. The van der Waals surface area contributed by atoms with Gasteiger partial charge in [0, 0.05) is 37.8 Å². The minimum Gasteiger partial charge on any atom is -0.349 e. The molecule has 6 heteroatoms. The number of hydrogen-bond donors (Lipinski definition) is 3. The fourth-order valence-electron chi connectivity index (χ4n) is 3.80. The first-order valence-corrected chi connectivity index (χ1v) is 9.81. The summed E-state index contributed by atoms with van der Waals surface area (Å²) in [5.74, 6) is 0.536. The number of carbonyl (C=O) groups is 2. The van der Waals surface area contributed by atoms with E-state index in [1.807, 2.05) is 24.0 Å². The van der Waals surface area contributed by atoms with Crippen molar-refractivity contribution in [3.8, 4) is 0 Å². The van der Waals surface area contributed by atoms with Crippen LogP contribution in [0.1, 0.15) is 54.4 Å². The maximum absolute atomic E-state index is 12.5. The quantitative estimate of drug-likeness (QED) is 0.771. The van der Waals surface area contributed by atoms with Gasteiger partial charge >= 0.3 is 6.03 Å². The SMILES string of the molecule is CCNC(=O)N1CCC(NC(=O)c2ccc([C@H]3CCCNC3)cc2)CC1. The fourth-order valence-corrected chi connectivity index (χ4v) is 3.80. The van der Waals surface area contributed by atoms with E-state index in [0.717, 1.165) is 25.9 Å². The van der Waals surface area contributed by atoms with E-state index in [9.17, 15) is 9.59 Å². The topological polar surface area (TPSA) is 73.5 Å². The summed E-state index contributed by atoms with van der Waals surface area (Å²) in [7, 11) is 0. The summed E-state index contributed by atoms with van der Waals surface area (Å²) in [6, 6.07) is 8.17. The smallest absolute Gasteiger partial charge is 0.317 e. The molecule has 0 unspecified atom stereocenters. The molecule has 26 heavy (non-hydrogen) atoms. The highest BCUT2D eigenvalue weighted by Crippen LogP contribution is 2.23. The lowest BCUT2D eigenvalue weighted by molar-refractivity contribution is 0.0918. The summed E-state index contributed by atoms with van der Waals surface area (Å²) in [5, 5.41) is 9.37. The Morgan fingerprint density at radius 1 is 1.15 bits per heavy atom. The predicted molar refractivity (Wildman–Crippen MR) is 102 cm³/mol. The molecule has 0 aromatic heterocycles. The lowest BCUT2D eigenvalue weighted by Gasteiger charge is -2.32. The van der Waals surface area contributed by atoms with Crippen LogP contribution in [0.4, 0.5) is 4.79 Å². The van der Waals surface area contributed by atoms with E-state index in [-0.39, 0.29) is 18.0 Å². The molecule has 2 fully saturated rings. The van der Waals surface area contributed by atoms with Crippen LogP contribution in [0.5, 0.6) is 0 Å². The van der Waals surface area contributed by atoms with Gasteiger partial charge < -0.3 is 20.9 Å². The zero-order valence-electron chi connectivity index (χ0n) is 15.6. The number of carbonyl (C=O) groups excluding carboxylic acids is 2. The van der Waals surface area contributed by atoms with E-state index < -0.39 is 0 Å². The standard InChI is InChI=1S/C20H30N4O2/c1-2-22-20(26)24-12-9-18(10-13-24)23-19(25)16-7-5-15(6-8-16)17-4-3-11-21-14-17/h5-8,17-18,21H,2-4,9-14H2,1H3,(H,22,26)(H,23,25)/t17-/m0/s1. The number of urea groups is 1. The first kappa shape index (κ1) is 18.7. The molecule has 0 bridgehead atoms. The molecule has 1 atom stereocenters. The maximum atomic E-state index is 12.5. The van der Waals surface area contributed by atoms with Crippen LogP contribution in [0, 0.1) is 0 Å². The average Bonchev–Trinajstić information content (AvgIpc) is 2.69. The Balaban J connectivity index is 1.48. The van der Waals surface area contributed by atoms with Crippen LogP contribution in [0.3, 0.4) is 0 Å². The molecule has 2 aliphatic rings. The second-order valence-electron chi connectivity index (χ2n) is 7.24. The molecule has 1 aromatic carbocycles. The Bertz CT molecular complexity index is 603. The van der Waals surface area contributed by atoms with Crippen LogP contribution < -0.4 is 16.0 Å². The second kappa shape index (κ2) is 9.03. The highest BCUT2D eigenvalue weighted by molar-refractivity contribution is 5.94. The number of nitrogens with zero attached hydrogens (tertiary/aromatic N) is 1. The van der Waals surface area contributed by atoms with E-state index in [1.165, 1.54) is 18.4 Å². The summed E-state index contributed by atoms with van der Waals surface area (Å²) in [6.45, 7) is 6.06. The van der Waals surface area contributed by atoms with Crippen molar-refractivity contribution in [3.63, 3.8) is 0 Å². The number of hydrogen-bond acceptors (Lipinski definition) is 3. The molecular formula is C20H30N4O2.